The molecule has 1 saturated carbocycles. The number of aryl methyl sites for hydroxylation is 2. The Morgan fingerprint density at radius 3 is 2.85 bits per heavy atom. The van der Waals surface area contributed by atoms with Crippen LogP contribution in [0.25, 0.3) is 11.0 Å². The Hall–Kier alpha value is -1.92. The highest BCUT2D eigenvalue weighted by molar-refractivity contribution is 5.78. The molecule has 0 unspecified atom stereocenters. The molecule has 0 bridgehead atoms. The predicted octanol–water partition coefficient (Wildman–Crippen LogP) is 3.32. The summed E-state index contributed by atoms with van der Waals surface area (Å²) in [5.41, 5.74) is 2.05. The number of hydrogen-bond donors (Lipinski definition) is 1. The summed E-state index contributed by atoms with van der Waals surface area (Å²) in [5.74, 6) is 0.586. The molecule has 6 heteroatoms. The number of benzene rings is 1. The predicted molar refractivity (Wildman–Crippen MR) is 103 cm³/mol. The zero-order chi connectivity index (χ0) is 18.7. The van der Waals surface area contributed by atoms with Crippen molar-refractivity contribution in [2.45, 2.75) is 70.3 Å². The van der Waals surface area contributed by atoms with E-state index in [1.807, 2.05) is 31.2 Å². The van der Waals surface area contributed by atoms with Crippen LogP contribution in [0.2, 0.25) is 0 Å². The van der Waals surface area contributed by atoms with Crippen molar-refractivity contribution in [2.24, 2.45) is 0 Å². The summed E-state index contributed by atoms with van der Waals surface area (Å²) in [7, 11) is 0. The van der Waals surface area contributed by atoms with Crippen molar-refractivity contribution in [2.75, 3.05) is 13.2 Å². The van der Waals surface area contributed by atoms with Crippen LogP contribution in [-0.4, -0.2) is 40.5 Å². The molecule has 2 fully saturated rings. The number of aromatic nitrogens is 2. The van der Waals surface area contributed by atoms with Crippen molar-refractivity contribution in [1.29, 1.82) is 0 Å². The average molecular weight is 371 g/mol. The third-order valence-electron chi connectivity index (χ3n) is 5.71. The molecule has 1 aliphatic heterocycles. The highest BCUT2D eigenvalue weighted by Crippen LogP contribution is 2.36. The molecule has 1 aromatic heterocycles. The van der Waals surface area contributed by atoms with Crippen LogP contribution < -0.4 is 5.32 Å². The third-order valence-corrected chi connectivity index (χ3v) is 5.71. The van der Waals surface area contributed by atoms with Gasteiger partial charge in [0.05, 0.1) is 17.6 Å². The van der Waals surface area contributed by atoms with Crippen LogP contribution in [0.3, 0.4) is 0 Å². The molecule has 2 aliphatic rings. The summed E-state index contributed by atoms with van der Waals surface area (Å²) in [6, 6.07) is 8.03. The van der Waals surface area contributed by atoms with Crippen LogP contribution in [-0.2, 0) is 20.8 Å². The lowest BCUT2D eigenvalue weighted by molar-refractivity contribution is -0.175. The molecule has 1 amide bonds. The molecular formula is C21H29N3O3. The fourth-order valence-corrected chi connectivity index (χ4v) is 4.25. The van der Waals surface area contributed by atoms with E-state index in [2.05, 4.69) is 14.9 Å². The Kier molecular flexibility index (Phi) is 5.45. The van der Waals surface area contributed by atoms with Crippen molar-refractivity contribution in [1.82, 2.24) is 14.9 Å². The Bertz CT molecular complexity index is 793. The molecule has 1 saturated heterocycles. The van der Waals surface area contributed by atoms with Crippen LogP contribution >= 0.6 is 0 Å². The van der Waals surface area contributed by atoms with Crippen LogP contribution in [0, 0.1) is 6.92 Å². The maximum Gasteiger partial charge on any atom is 0.221 e. The van der Waals surface area contributed by atoms with Gasteiger partial charge in [-0.15, -0.1) is 0 Å². The molecule has 6 nitrogen and oxygen atoms in total. The Balaban J connectivity index is 1.26. The quantitative estimate of drug-likeness (QED) is 0.876. The van der Waals surface area contributed by atoms with E-state index < -0.39 is 5.79 Å². The fraction of sp³-hybridized carbons (Fsp3) is 0.619. The molecule has 1 N–H and O–H groups in total. The van der Waals surface area contributed by atoms with Crippen LogP contribution in [0.15, 0.2) is 24.3 Å². The standard InChI is InChI=1S/C21H29N3O3/c1-16-23-18-8-4-5-9-19(18)24(16)13-10-20(25)22-14-17-15-26-21(27-17)11-6-2-3-7-12-21/h4-5,8-9,17H,2-3,6-7,10-15H2,1H3,(H,22,25)/t17-/m0/s1. The topological polar surface area (TPSA) is 65.4 Å². The van der Waals surface area contributed by atoms with E-state index in [1.54, 1.807) is 0 Å². The van der Waals surface area contributed by atoms with Gasteiger partial charge >= 0.3 is 0 Å². The second-order valence-electron chi connectivity index (χ2n) is 7.73. The molecule has 4 rings (SSSR count). The summed E-state index contributed by atoms with van der Waals surface area (Å²) in [6.07, 6.45) is 7.20. The normalized spacial score (nSPS) is 22.2. The van der Waals surface area contributed by atoms with E-state index in [0.717, 1.165) is 42.5 Å². The maximum atomic E-state index is 12.3. The highest BCUT2D eigenvalue weighted by atomic mass is 16.7. The largest absolute Gasteiger partial charge is 0.353 e. The zero-order valence-electron chi connectivity index (χ0n) is 16.1. The molecule has 2 aromatic rings. The number of ether oxygens (including phenoxy) is 2. The van der Waals surface area contributed by atoms with E-state index >= 15 is 0 Å². The van der Waals surface area contributed by atoms with Crippen LogP contribution in [0.1, 0.15) is 50.8 Å². The van der Waals surface area contributed by atoms with E-state index in [1.165, 1.54) is 12.8 Å². The maximum absolute atomic E-state index is 12.3. The van der Waals surface area contributed by atoms with Gasteiger partial charge in [-0.05, 0) is 31.9 Å². The first-order chi connectivity index (χ1) is 13.2. The van der Waals surface area contributed by atoms with Gasteiger partial charge in [0.1, 0.15) is 11.9 Å². The summed E-state index contributed by atoms with van der Waals surface area (Å²) in [4.78, 5) is 16.9. The van der Waals surface area contributed by atoms with Gasteiger partial charge in [0.25, 0.3) is 0 Å². The number of amides is 1. The number of para-hydroxylation sites is 2. The van der Waals surface area contributed by atoms with E-state index in [4.69, 9.17) is 9.47 Å². The fourth-order valence-electron chi connectivity index (χ4n) is 4.25. The van der Waals surface area contributed by atoms with E-state index in [9.17, 15) is 4.79 Å². The Morgan fingerprint density at radius 1 is 1.26 bits per heavy atom. The zero-order valence-corrected chi connectivity index (χ0v) is 16.1. The smallest absolute Gasteiger partial charge is 0.221 e. The summed E-state index contributed by atoms with van der Waals surface area (Å²) < 4.78 is 14.3. The number of hydrogen-bond acceptors (Lipinski definition) is 4. The molecule has 1 aromatic carbocycles. The monoisotopic (exact) mass is 371 g/mol. The third kappa shape index (κ3) is 4.17. The van der Waals surface area contributed by atoms with E-state index in [0.29, 0.717) is 26.1 Å². The first-order valence-electron chi connectivity index (χ1n) is 10.2. The Morgan fingerprint density at radius 2 is 2.04 bits per heavy atom. The number of carbonyl (C=O) groups is 1. The van der Waals surface area contributed by atoms with Crippen molar-refractivity contribution >= 4 is 16.9 Å². The molecule has 1 aliphatic carbocycles. The summed E-state index contributed by atoms with van der Waals surface area (Å²) >= 11 is 0. The van der Waals surface area contributed by atoms with Crippen molar-refractivity contribution < 1.29 is 14.3 Å². The number of nitrogens with zero attached hydrogens (tertiary/aromatic N) is 2. The van der Waals surface area contributed by atoms with Gasteiger partial charge < -0.3 is 19.4 Å². The average Bonchev–Trinajstić information content (AvgIpc) is 3.12. The number of rotatable bonds is 5. The molecule has 0 radical (unpaired) electrons. The molecule has 1 atom stereocenters. The molecular weight excluding hydrogens is 342 g/mol. The molecule has 27 heavy (non-hydrogen) atoms. The van der Waals surface area contributed by atoms with Crippen molar-refractivity contribution in [3.8, 4) is 0 Å². The molecule has 2 heterocycles. The highest BCUT2D eigenvalue weighted by Gasteiger charge is 2.41. The number of fused-ring (bicyclic) bond motifs is 1. The van der Waals surface area contributed by atoms with Gasteiger partial charge in [-0.1, -0.05) is 25.0 Å². The van der Waals surface area contributed by atoms with Crippen LogP contribution in [0.4, 0.5) is 0 Å². The van der Waals surface area contributed by atoms with Crippen molar-refractivity contribution in [3.05, 3.63) is 30.1 Å². The number of carbonyl (C=O) groups excluding carboxylic acids is 1. The second kappa shape index (κ2) is 7.98. The lowest BCUT2D eigenvalue weighted by atomic mass is 10.1. The minimum absolute atomic E-state index is 0.0390. The van der Waals surface area contributed by atoms with Gasteiger partial charge in [-0.2, -0.15) is 0 Å². The van der Waals surface area contributed by atoms with Crippen molar-refractivity contribution in [3.63, 3.8) is 0 Å². The first kappa shape index (κ1) is 18.4. The minimum Gasteiger partial charge on any atom is -0.353 e. The van der Waals surface area contributed by atoms with Gasteiger partial charge in [0, 0.05) is 32.4 Å². The van der Waals surface area contributed by atoms with Gasteiger partial charge in [0.2, 0.25) is 5.91 Å². The molecule has 146 valence electrons. The van der Waals surface area contributed by atoms with E-state index in [-0.39, 0.29) is 12.0 Å². The number of nitrogens with one attached hydrogen (secondary N) is 1. The minimum atomic E-state index is -0.390. The summed E-state index contributed by atoms with van der Waals surface area (Å²) in [5, 5.41) is 3.01. The SMILES string of the molecule is Cc1nc2ccccc2n1CCC(=O)NC[C@H]1COC2(CCCCCC2)O1. The Labute approximate surface area is 160 Å². The second-order valence-corrected chi connectivity index (χ2v) is 7.73. The molecule has 1 spiro atoms. The van der Waals surface area contributed by atoms with Gasteiger partial charge in [-0.25, -0.2) is 4.98 Å². The summed E-state index contributed by atoms with van der Waals surface area (Å²) in [6.45, 7) is 3.70. The number of imidazole rings is 1. The van der Waals surface area contributed by atoms with Gasteiger partial charge in [-0.3, -0.25) is 4.79 Å². The lowest BCUT2D eigenvalue weighted by Gasteiger charge is -2.26. The van der Waals surface area contributed by atoms with Crippen LogP contribution in [0.5, 0.6) is 0 Å². The first-order valence-corrected chi connectivity index (χ1v) is 10.2. The van der Waals surface area contributed by atoms with Gasteiger partial charge in [0.15, 0.2) is 5.79 Å². The lowest BCUT2D eigenvalue weighted by Crippen LogP contribution is -2.36.